The van der Waals surface area contributed by atoms with E-state index in [-0.39, 0.29) is 42.5 Å². The average molecular weight is 532 g/mol. The fourth-order valence-corrected chi connectivity index (χ4v) is 5.33. The number of benzene rings is 4. The van der Waals surface area contributed by atoms with E-state index in [1.54, 1.807) is 17.0 Å². The minimum Gasteiger partial charge on any atom is -0.506 e. The Hall–Kier alpha value is -5.04. The van der Waals surface area contributed by atoms with Crippen molar-refractivity contribution >= 4 is 22.8 Å². The molecule has 1 aliphatic rings. The zero-order valence-electron chi connectivity index (χ0n) is 21.8. The van der Waals surface area contributed by atoms with Gasteiger partial charge in [0.2, 0.25) is 0 Å². The van der Waals surface area contributed by atoms with Gasteiger partial charge in [-0.25, -0.2) is 4.79 Å². The molecule has 0 unspecified atom stereocenters. The molecule has 2 heterocycles. The van der Waals surface area contributed by atoms with Gasteiger partial charge in [0.05, 0.1) is 11.6 Å². The van der Waals surface area contributed by atoms with Crippen LogP contribution in [0.25, 0.3) is 22.0 Å². The highest BCUT2D eigenvalue weighted by Gasteiger charge is 2.39. The van der Waals surface area contributed by atoms with Crippen LogP contribution in [0.1, 0.15) is 34.1 Å². The molecule has 0 bridgehead atoms. The van der Waals surface area contributed by atoms with Crippen molar-refractivity contribution in [1.29, 1.82) is 0 Å². The molecule has 4 aromatic carbocycles. The highest BCUT2D eigenvalue weighted by molar-refractivity contribution is 6.03. The summed E-state index contributed by atoms with van der Waals surface area (Å²) in [5, 5.41) is 15.3. The van der Waals surface area contributed by atoms with E-state index < -0.39 is 6.09 Å². The van der Waals surface area contributed by atoms with Gasteiger partial charge in [-0.15, -0.1) is 0 Å². The number of rotatable bonds is 6. The topological polar surface area (TPSA) is 94.7 Å². The molecule has 3 N–H and O–H groups in total. The van der Waals surface area contributed by atoms with Gasteiger partial charge in [-0.1, -0.05) is 91.0 Å². The van der Waals surface area contributed by atoms with Gasteiger partial charge in [0.15, 0.2) is 0 Å². The summed E-state index contributed by atoms with van der Waals surface area (Å²) >= 11 is 0. The summed E-state index contributed by atoms with van der Waals surface area (Å²) in [5.41, 5.74) is 3.95. The number of nitrogens with zero attached hydrogens (tertiary/aromatic N) is 1. The number of aromatic nitrogens is 1. The number of aromatic hydroxyl groups is 1. The lowest BCUT2D eigenvalue weighted by molar-refractivity contribution is 0.0884. The molecular formula is C33H29N3O4. The van der Waals surface area contributed by atoms with Gasteiger partial charge in [0, 0.05) is 29.4 Å². The Labute approximate surface area is 232 Å². The number of ether oxygens (including phenoxy) is 1. The predicted molar refractivity (Wildman–Crippen MR) is 154 cm³/mol. The van der Waals surface area contributed by atoms with Crippen molar-refractivity contribution < 1.29 is 19.4 Å². The maximum Gasteiger partial charge on any atom is 0.410 e. The van der Waals surface area contributed by atoms with Crippen LogP contribution in [0.4, 0.5) is 4.79 Å². The van der Waals surface area contributed by atoms with E-state index in [0.29, 0.717) is 11.8 Å². The molecule has 0 radical (unpaired) electrons. The van der Waals surface area contributed by atoms with Gasteiger partial charge in [-0.2, -0.15) is 0 Å². The van der Waals surface area contributed by atoms with Gasteiger partial charge in [0.25, 0.3) is 5.91 Å². The second-order valence-electron chi connectivity index (χ2n) is 9.99. The smallest absolute Gasteiger partial charge is 0.410 e. The van der Waals surface area contributed by atoms with E-state index in [1.165, 1.54) is 0 Å². The van der Waals surface area contributed by atoms with Crippen molar-refractivity contribution in [3.8, 4) is 17.0 Å². The number of likely N-dealkylation sites (tertiary alicyclic amines) is 1. The van der Waals surface area contributed by atoms with E-state index in [0.717, 1.165) is 27.9 Å². The minimum absolute atomic E-state index is 0.0545. The maximum absolute atomic E-state index is 13.3. The van der Waals surface area contributed by atoms with Crippen molar-refractivity contribution in [2.45, 2.75) is 25.1 Å². The van der Waals surface area contributed by atoms with Crippen LogP contribution in [-0.2, 0) is 11.3 Å². The highest BCUT2D eigenvalue weighted by atomic mass is 16.6. The molecule has 1 saturated heterocycles. The molecule has 1 fully saturated rings. The Balaban J connectivity index is 1.23. The van der Waals surface area contributed by atoms with E-state index in [4.69, 9.17) is 4.74 Å². The average Bonchev–Trinajstić information content (AvgIpc) is 3.65. The summed E-state index contributed by atoms with van der Waals surface area (Å²) in [6, 6.07) is 33.6. The third kappa shape index (κ3) is 5.14. The molecule has 6 rings (SSSR count). The normalized spacial score (nSPS) is 16.6. The van der Waals surface area contributed by atoms with Crippen LogP contribution in [-0.4, -0.2) is 39.6 Å². The third-order valence-corrected chi connectivity index (χ3v) is 7.37. The van der Waals surface area contributed by atoms with Crippen LogP contribution in [0, 0.1) is 0 Å². The fraction of sp³-hybridized carbons (Fsp3) is 0.152. The first-order valence-corrected chi connectivity index (χ1v) is 13.3. The molecule has 5 aromatic rings. The van der Waals surface area contributed by atoms with Crippen LogP contribution in [0.3, 0.4) is 0 Å². The second-order valence-corrected chi connectivity index (χ2v) is 9.99. The first-order valence-electron chi connectivity index (χ1n) is 13.3. The standard InChI is InChI=1S/C33H29N3O4/c37-31-26-14-8-7-11-23(26)15-16-27(31)32(38)34-25-19-30(29-18-17-28(35-29)24-12-5-2-6-13-24)36(20-25)33(39)40-21-22-9-3-1-4-10-22/h1-18,25,30,35,37H,19-21H2,(H,34,38)/t25-,30-/m0/s1. The first-order chi connectivity index (χ1) is 19.6. The molecule has 7 nitrogen and oxygen atoms in total. The summed E-state index contributed by atoms with van der Waals surface area (Å²) in [6.45, 7) is 0.433. The zero-order chi connectivity index (χ0) is 27.5. The van der Waals surface area contributed by atoms with Crippen molar-refractivity contribution in [2.24, 2.45) is 0 Å². The van der Waals surface area contributed by atoms with Gasteiger partial charge in [-0.05, 0) is 41.1 Å². The van der Waals surface area contributed by atoms with Crippen molar-refractivity contribution in [3.63, 3.8) is 0 Å². The molecule has 2 amide bonds. The van der Waals surface area contributed by atoms with Crippen LogP contribution in [0.15, 0.2) is 109 Å². The largest absolute Gasteiger partial charge is 0.506 e. The molecule has 0 aliphatic carbocycles. The SMILES string of the molecule is O=C(N[C@H]1C[C@@H](c2ccc(-c3ccccc3)[nH]2)N(C(=O)OCc2ccccc2)C1)c1ccc2ccccc2c1O. The second kappa shape index (κ2) is 11.0. The predicted octanol–water partition coefficient (Wildman–Crippen LogP) is 6.42. The summed E-state index contributed by atoms with van der Waals surface area (Å²) in [5.74, 6) is -0.441. The summed E-state index contributed by atoms with van der Waals surface area (Å²) in [6.07, 6.45) is 0.0462. The monoisotopic (exact) mass is 531 g/mol. The molecule has 40 heavy (non-hydrogen) atoms. The number of nitrogens with one attached hydrogen (secondary N) is 2. The van der Waals surface area contributed by atoms with Gasteiger partial charge >= 0.3 is 6.09 Å². The first kappa shape index (κ1) is 25.2. The van der Waals surface area contributed by atoms with E-state index in [9.17, 15) is 14.7 Å². The number of phenolic OH excluding ortho intramolecular Hbond substituents is 1. The number of H-pyrrole nitrogens is 1. The van der Waals surface area contributed by atoms with Crippen molar-refractivity contribution in [3.05, 3.63) is 126 Å². The van der Waals surface area contributed by atoms with Gasteiger partial charge < -0.3 is 20.1 Å². The Morgan fingerprint density at radius 2 is 1.60 bits per heavy atom. The Morgan fingerprint density at radius 3 is 2.40 bits per heavy atom. The quantitative estimate of drug-likeness (QED) is 0.236. The Bertz CT molecular complexity index is 1650. The number of carbonyl (C=O) groups is 2. The molecule has 2 atom stereocenters. The number of carbonyl (C=O) groups excluding carboxylic acids is 2. The van der Waals surface area contributed by atoms with Gasteiger partial charge in [-0.3, -0.25) is 9.69 Å². The number of fused-ring (bicyclic) bond motifs is 1. The van der Waals surface area contributed by atoms with Crippen LogP contribution in [0.5, 0.6) is 5.75 Å². The van der Waals surface area contributed by atoms with Crippen LogP contribution >= 0.6 is 0 Å². The van der Waals surface area contributed by atoms with Crippen molar-refractivity contribution in [2.75, 3.05) is 6.54 Å². The highest BCUT2D eigenvalue weighted by Crippen LogP contribution is 2.35. The van der Waals surface area contributed by atoms with E-state index >= 15 is 0 Å². The number of aromatic amines is 1. The minimum atomic E-state index is -0.449. The summed E-state index contributed by atoms with van der Waals surface area (Å²) in [4.78, 5) is 31.7. The number of phenols is 1. The molecule has 1 aromatic heterocycles. The molecule has 200 valence electrons. The number of amides is 2. The molecular weight excluding hydrogens is 502 g/mol. The summed E-state index contributed by atoms with van der Waals surface area (Å²) in [7, 11) is 0. The summed E-state index contributed by atoms with van der Waals surface area (Å²) < 4.78 is 5.68. The Kier molecular flexibility index (Phi) is 6.93. The molecule has 1 aliphatic heterocycles. The third-order valence-electron chi connectivity index (χ3n) is 7.37. The van der Waals surface area contributed by atoms with Crippen LogP contribution < -0.4 is 5.32 Å². The molecule has 0 spiro atoms. The van der Waals surface area contributed by atoms with Crippen molar-refractivity contribution in [1.82, 2.24) is 15.2 Å². The zero-order valence-corrected chi connectivity index (χ0v) is 21.8. The van der Waals surface area contributed by atoms with Gasteiger partial charge in [0.1, 0.15) is 12.4 Å². The lowest BCUT2D eigenvalue weighted by atomic mass is 10.0. The Morgan fingerprint density at radius 1 is 0.875 bits per heavy atom. The number of hydrogen-bond donors (Lipinski definition) is 3. The lowest BCUT2D eigenvalue weighted by Crippen LogP contribution is -2.38. The van der Waals surface area contributed by atoms with E-state index in [2.05, 4.69) is 10.3 Å². The molecule has 7 heteroatoms. The lowest BCUT2D eigenvalue weighted by Gasteiger charge is -2.23. The number of hydrogen-bond acceptors (Lipinski definition) is 4. The fourth-order valence-electron chi connectivity index (χ4n) is 5.33. The van der Waals surface area contributed by atoms with Crippen LogP contribution in [0.2, 0.25) is 0 Å². The molecule has 0 saturated carbocycles. The van der Waals surface area contributed by atoms with E-state index in [1.807, 2.05) is 97.1 Å². The maximum atomic E-state index is 13.3.